The number of rotatable bonds is 6. The van der Waals surface area contributed by atoms with Crippen molar-refractivity contribution in [3.8, 4) is 12.1 Å². The predicted molar refractivity (Wildman–Crippen MR) is 220 cm³/mol. The molecule has 0 unspecified atom stereocenters. The SMILES string of the molecule is N#Cc1ccc(Br)cc1N1CCN(C(=O)[C@@H]2C[C@@H]2c2ccc(C(F)(F)F)cc2)CC1.N#Cc1ccc(Br)cc1N1CCN(C(=O)[C@H]2C[C@H]2c2ccc(C(F)(F)F)cc2)CC1. The van der Waals surface area contributed by atoms with Gasteiger partial charge in [-0.05, 0) is 96.5 Å². The van der Waals surface area contributed by atoms with E-state index in [1.54, 1.807) is 12.1 Å². The molecule has 312 valence electrons. The van der Waals surface area contributed by atoms with Gasteiger partial charge in [0.15, 0.2) is 0 Å². The molecular formula is C44H38Br2F6N6O2. The van der Waals surface area contributed by atoms with Crippen LogP contribution in [0, 0.1) is 34.5 Å². The first-order chi connectivity index (χ1) is 28.5. The first-order valence-electron chi connectivity index (χ1n) is 19.4. The van der Waals surface area contributed by atoms with Crippen LogP contribution < -0.4 is 9.80 Å². The van der Waals surface area contributed by atoms with E-state index in [0.29, 0.717) is 76.3 Å². The Balaban J connectivity index is 0.000000181. The number of nitrogens with zero attached hydrogens (tertiary/aromatic N) is 6. The lowest BCUT2D eigenvalue weighted by Crippen LogP contribution is -2.49. The van der Waals surface area contributed by atoms with Crippen molar-refractivity contribution in [2.45, 2.75) is 37.0 Å². The molecule has 0 aromatic heterocycles. The summed E-state index contributed by atoms with van der Waals surface area (Å²) in [5, 5.41) is 18.7. The van der Waals surface area contributed by atoms with Gasteiger partial charge in [0.2, 0.25) is 11.8 Å². The van der Waals surface area contributed by atoms with Crippen LogP contribution in [0.15, 0.2) is 93.9 Å². The molecule has 4 atom stereocenters. The van der Waals surface area contributed by atoms with E-state index in [-0.39, 0.29) is 35.5 Å². The third-order valence-corrected chi connectivity index (χ3v) is 12.6. The molecule has 60 heavy (non-hydrogen) atoms. The van der Waals surface area contributed by atoms with Crippen LogP contribution >= 0.6 is 31.9 Å². The molecular weight excluding hydrogens is 918 g/mol. The third-order valence-electron chi connectivity index (χ3n) is 11.6. The highest BCUT2D eigenvalue weighted by Gasteiger charge is 2.47. The lowest BCUT2D eigenvalue weighted by molar-refractivity contribution is -0.138. The first kappa shape index (κ1) is 43.0. The zero-order valence-corrected chi connectivity index (χ0v) is 35.2. The molecule has 2 saturated heterocycles. The number of hydrogen-bond acceptors (Lipinski definition) is 6. The lowest BCUT2D eigenvalue weighted by atomic mass is 10.1. The number of nitriles is 2. The summed E-state index contributed by atoms with van der Waals surface area (Å²) in [6, 6.07) is 25.7. The Morgan fingerprint density at radius 1 is 0.533 bits per heavy atom. The van der Waals surface area contributed by atoms with E-state index < -0.39 is 23.5 Å². The van der Waals surface area contributed by atoms with Crippen molar-refractivity contribution in [3.05, 3.63) is 127 Å². The summed E-state index contributed by atoms with van der Waals surface area (Å²) in [5.74, 6) is -0.201. The van der Waals surface area contributed by atoms with Crippen LogP contribution in [-0.4, -0.2) is 74.0 Å². The van der Waals surface area contributed by atoms with Gasteiger partial charge in [-0.3, -0.25) is 9.59 Å². The molecule has 8 rings (SSSR count). The molecule has 2 amide bonds. The summed E-state index contributed by atoms with van der Waals surface area (Å²) in [7, 11) is 0. The number of anilines is 2. The summed E-state index contributed by atoms with van der Waals surface area (Å²) < 4.78 is 78.1. The van der Waals surface area contributed by atoms with Crippen molar-refractivity contribution in [1.29, 1.82) is 10.5 Å². The molecule has 0 bridgehead atoms. The smallest absolute Gasteiger partial charge is 0.367 e. The molecule has 2 aliphatic heterocycles. The molecule has 0 N–H and O–H groups in total. The van der Waals surface area contributed by atoms with E-state index in [1.807, 2.05) is 34.1 Å². The number of amides is 2. The number of carbonyl (C=O) groups is 2. The van der Waals surface area contributed by atoms with Gasteiger partial charge in [0, 0.05) is 73.1 Å². The van der Waals surface area contributed by atoms with Gasteiger partial charge >= 0.3 is 12.4 Å². The van der Waals surface area contributed by atoms with Crippen molar-refractivity contribution in [1.82, 2.24) is 9.80 Å². The molecule has 4 aliphatic rings. The fourth-order valence-corrected chi connectivity index (χ4v) is 8.74. The Bertz CT molecular complexity index is 2150. The molecule has 2 saturated carbocycles. The van der Waals surface area contributed by atoms with Gasteiger partial charge in [0.1, 0.15) is 12.1 Å². The standard InChI is InChI=1S/2C22H19BrF3N3O/c2*23-17-6-3-15(13-27)20(11-17)28-7-9-29(10-8-28)21(30)19-12-18(19)14-1-4-16(5-2-14)22(24,25)26/h2*1-6,11,18-19H,7-10,12H2/t2*18-,19-/m10/s1. The second-order valence-electron chi connectivity index (χ2n) is 15.3. The quantitative estimate of drug-likeness (QED) is 0.179. The van der Waals surface area contributed by atoms with Gasteiger partial charge in [-0.2, -0.15) is 36.9 Å². The molecule has 4 aromatic carbocycles. The van der Waals surface area contributed by atoms with Gasteiger partial charge in [-0.15, -0.1) is 0 Å². The number of alkyl halides is 6. The van der Waals surface area contributed by atoms with Gasteiger partial charge in [-0.1, -0.05) is 56.1 Å². The highest BCUT2D eigenvalue weighted by molar-refractivity contribution is 9.10. The summed E-state index contributed by atoms with van der Waals surface area (Å²) in [6.07, 6.45) is -7.35. The molecule has 2 aliphatic carbocycles. The second-order valence-corrected chi connectivity index (χ2v) is 17.1. The molecule has 0 radical (unpaired) electrons. The number of benzene rings is 4. The fraction of sp³-hybridized carbons (Fsp3) is 0.364. The largest absolute Gasteiger partial charge is 0.416 e. The second kappa shape index (κ2) is 17.5. The Labute approximate surface area is 360 Å². The van der Waals surface area contributed by atoms with Crippen LogP contribution in [0.3, 0.4) is 0 Å². The highest BCUT2D eigenvalue weighted by atomic mass is 79.9. The topological polar surface area (TPSA) is 94.7 Å². The van der Waals surface area contributed by atoms with E-state index in [0.717, 1.165) is 55.7 Å². The number of halogens is 8. The summed E-state index contributed by atoms with van der Waals surface area (Å²) in [5.41, 5.74) is 3.14. The monoisotopic (exact) mass is 954 g/mol. The zero-order valence-electron chi connectivity index (χ0n) is 32.0. The molecule has 8 nitrogen and oxygen atoms in total. The molecule has 0 spiro atoms. The molecule has 4 fully saturated rings. The maximum atomic E-state index is 12.9. The average Bonchev–Trinajstić information content (AvgIpc) is 4.19. The summed E-state index contributed by atoms with van der Waals surface area (Å²) in [4.78, 5) is 33.6. The molecule has 16 heteroatoms. The predicted octanol–water partition coefficient (Wildman–Crippen LogP) is 9.58. The van der Waals surface area contributed by atoms with Gasteiger partial charge in [-0.25, -0.2) is 0 Å². The minimum Gasteiger partial charge on any atom is -0.367 e. The van der Waals surface area contributed by atoms with Crippen LogP contribution in [0.1, 0.15) is 58.1 Å². The Kier molecular flexibility index (Phi) is 12.6. The van der Waals surface area contributed by atoms with Gasteiger partial charge in [0.25, 0.3) is 0 Å². The van der Waals surface area contributed by atoms with E-state index in [4.69, 9.17) is 0 Å². The number of hydrogen-bond donors (Lipinski definition) is 0. The van der Waals surface area contributed by atoms with E-state index >= 15 is 0 Å². The van der Waals surface area contributed by atoms with Crippen LogP contribution in [0.25, 0.3) is 0 Å². The minimum absolute atomic E-state index is 0.00640. The van der Waals surface area contributed by atoms with Crippen molar-refractivity contribution in [3.63, 3.8) is 0 Å². The van der Waals surface area contributed by atoms with Gasteiger partial charge < -0.3 is 19.6 Å². The first-order valence-corrected chi connectivity index (χ1v) is 21.0. The summed E-state index contributed by atoms with van der Waals surface area (Å²) in [6.45, 7) is 4.78. The van der Waals surface area contributed by atoms with Crippen molar-refractivity contribution < 1.29 is 35.9 Å². The van der Waals surface area contributed by atoms with E-state index in [1.165, 1.54) is 24.3 Å². The van der Waals surface area contributed by atoms with Crippen molar-refractivity contribution in [2.24, 2.45) is 11.8 Å². The van der Waals surface area contributed by atoms with Crippen LogP contribution in [0.4, 0.5) is 37.7 Å². The normalized spacial score (nSPS) is 21.3. The minimum atomic E-state index is -4.35. The fourth-order valence-electron chi connectivity index (χ4n) is 8.04. The van der Waals surface area contributed by atoms with Crippen molar-refractivity contribution in [2.75, 3.05) is 62.2 Å². The Morgan fingerprint density at radius 2 is 0.867 bits per heavy atom. The maximum Gasteiger partial charge on any atom is 0.416 e. The highest BCUT2D eigenvalue weighted by Crippen LogP contribution is 2.50. The lowest BCUT2D eigenvalue weighted by Gasteiger charge is -2.36. The Morgan fingerprint density at radius 3 is 1.17 bits per heavy atom. The average molecular weight is 957 g/mol. The van der Waals surface area contributed by atoms with E-state index in [9.17, 15) is 46.5 Å². The Hall–Kier alpha value is -5.06. The van der Waals surface area contributed by atoms with Gasteiger partial charge in [0.05, 0.1) is 33.6 Å². The number of piperazine rings is 2. The molecule has 4 aromatic rings. The zero-order chi connectivity index (χ0) is 42.9. The van der Waals surface area contributed by atoms with Crippen LogP contribution in [-0.2, 0) is 21.9 Å². The van der Waals surface area contributed by atoms with E-state index in [2.05, 4.69) is 53.8 Å². The summed E-state index contributed by atoms with van der Waals surface area (Å²) >= 11 is 6.87. The number of carbonyl (C=O) groups excluding carboxylic acids is 2. The van der Waals surface area contributed by atoms with Crippen LogP contribution in [0.2, 0.25) is 0 Å². The van der Waals surface area contributed by atoms with Crippen molar-refractivity contribution >= 4 is 55.0 Å². The maximum absolute atomic E-state index is 12.9. The third kappa shape index (κ3) is 9.76. The van der Waals surface area contributed by atoms with Crippen LogP contribution in [0.5, 0.6) is 0 Å². The molecule has 2 heterocycles.